The quantitative estimate of drug-likeness (QED) is 0.702. The molecule has 4 heteroatoms. The summed E-state index contributed by atoms with van der Waals surface area (Å²) in [7, 11) is 0. The maximum Gasteiger partial charge on any atom is 0.228 e. The minimum absolute atomic E-state index is 0.147. The van der Waals surface area contributed by atoms with Crippen LogP contribution in [0.5, 0.6) is 0 Å². The van der Waals surface area contributed by atoms with Crippen molar-refractivity contribution in [2.24, 2.45) is 17.8 Å². The van der Waals surface area contributed by atoms with Crippen LogP contribution in [0.25, 0.3) is 0 Å². The van der Waals surface area contributed by atoms with Crippen molar-refractivity contribution in [2.75, 3.05) is 13.1 Å². The van der Waals surface area contributed by atoms with Crippen LogP contribution in [-0.4, -0.2) is 28.2 Å². The fraction of sp³-hybridized carbons (Fsp3) is 0.917. The van der Waals surface area contributed by atoms with Gasteiger partial charge in [-0.1, -0.05) is 13.8 Å². The van der Waals surface area contributed by atoms with Gasteiger partial charge in [0.2, 0.25) is 5.91 Å². The SMILES string of the molecule is CC(C)C1CCN(C(=O)C2CC2(Cl)Cl)CC1. The van der Waals surface area contributed by atoms with Crippen LogP contribution >= 0.6 is 23.2 Å². The summed E-state index contributed by atoms with van der Waals surface area (Å²) in [4.78, 5) is 14.0. The lowest BCUT2D eigenvalue weighted by molar-refractivity contribution is -0.134. The van der Waals surface area contributed by atoms with Crippen molar-refractivity contribution in [3.8, 4) is 0 Å². The summed E-state index contributed by atoms with van der Waals surface area (Å²) >= 11 is 11.8. The second kappa shape index (κ2) is 4.38. The summed E-state index contributed by atoms with van der Waals surface area (Å²) in [6.07, 6.45) is 2.86. The molecule has 1 saturated heterocycles. The Balaban J connectivity index is 1.83. The molecule has 0 bridgehead atoms. The lowest BCUT2D eigenvalue weighted by atomic mass is 9.86. The molecule has 2 fully saturated rings. The van der Waals surface area contributed by atoms with Crippen molar-refractivity contribution in [3.05, 3.63) is 0 Å². The Hall–Kier alpha value is 0.0500. The minimum Gasteiger partial charge on any atom is -0.342 e. The largest absolute Gasteiger partial charge is 0.342 e. The Kier molecular flexibility index (Phi) is 3.42. The Labute approximate surface area is 107 Å². The zero-order valence-corrected chi connectivity index (χ0v) is 11.4. The van der Waals surface area contributed by atoms with Crippen molar-refractivity contribution in [3.63, 3.8) is 0 Å². The monoisotopic (exact) mass is 263 g/mol. The standard InChI is InChI=1S/C12H19Cl2NO/c1-8(2)9-3-5-15(6-4-9)11(16)10-7-12(10,13)14/h8-10H,3-7H2,1-2H3. The molecule has 1 saturated carbocycles. The molecule has 1 amide bonds. The predicted molar refractivity (Wildman–Crippen MR) is 66.7 cm³/mol. The number of carbonyl (C=O) groups is 1. The maximum atomic E-state index is 12.0. The van der Waals surface area contributed by atoms with E-state index in [-0.39, 0.29) is 11.8 Å². The van der Waals surface area contributed by atoms with Crippen LogP contribution in [-0.2, 0) is 4.79 Å². The van der Waals surface area contributed by atoms with Crippen LogP contribution in [0.3, 0.4) is 0 Å². The summed E-state index contributed by atoms with van der Waals surface area (Å²) in [5.41, 5.74) is 0. The molecule has 0 aromatic heterocycles. The second-order valence-corrected chi connectivity index (χ2v) is 6.97. The van der Waals surface area contributed by atoms with Gasteiger partial charge in [0.25, 0.3) is 0 Å². The summed E-state index contributed by atoms with van der Waals surface area (Å²) < 4.78 is -0.772. The normalized spacial score (nSPS) is 29.6. The first-order valence-corrected chi connectivity index (χ1v) is 6.84. The molecule has 2 aliphatic rings. The van der Waals surface area contributed by atoms with E-state index in [1.54, 1.807) is 0 Å². The highest BCUT2D eigenvalue weighted by Crippen LogP contribution is 2.54. The molecule has 0 N–H and O–H groups in total. The van der Waals surface area contributed by atoms with Crippen LogP contribution in [0.1, 0.15) is 33.1 Å². The first-order chi connectivity index (χ1) is 7.42. The van der Waals surface area contributed by atoms with Crippen molar-refractivity contribution >= 4 is 29.1 Å². The molecule has 0 aromatic rings. The van der Waals surface area contributed by atoms with Gasteiger partial charge in [-0.15, -0.1) is 23.2 Å². The molecule has 1 atom stereocenters. The number of hydrogen-bond donors (Lipinski definition) is 0. The number of likely N-dealkylation sites (tertiary alicyclic amines) is 1. The smallest absolute Gasteiger partial charge is 0.228 e. The van der Waals surface area contributed by atoms with E-state index in [0.29, 0.717) is 6.42 Å². The van der Waals surface area contributed by atoms with E-state index in [1.165, 1.54) is 0 Å². The number of amides is 1. The highest BCUT2D eigenvalue weighted by Gasteiger charge is 2.57. The number of carbonyl (C=O) groups excluding carboxylic acids is 1. The molecule has 92 valence electrons. The first-order valence-electron chi connectivity index (χ1n) is 6.08. The molecule has 1 unspecified atom stereocenters. The van der Waals surface area contributed by atoms with Gasteiger partial charge >= 0.3 is 0 Å². The Morgan fingerprint density at radius 3 is 2.19 bits per heavy atom. The number of hydrogen-bond acceptors (Lipinski definition) is 1. The molecule has 0 radical (unpaired) electrons. The fourth-order valence-electron chi connectivity index (χ4n) is 2.49. The summed E-state index contributed by atoms with van der Waals surface area (Å²) in [5.74, 6) is 1.50. The number of piperidine rings is 1. The molecule has 1 aliphatic heterocycles. The number of halogens is 2. The van der Waals surface area contributed by atoms with Gasteiger partial charge in [0.1, 0.15) is 4.33 Å². The van der Waals surface area contributed by atoms with Crippen LogP contribution in [0.2, 0.25) is 0 Å². The van der Waals surface area contributed by atoms with Crippen molar-refractivity contribution in [1.82, 2.24) is 4.90 Å². The molecule has 1 aliphatic carbocycles. The Morgan fingerprint density at radius 2 is 1.81 bits per heavy atom. The summed E-state index contributed by atoms with van der Waals surface area (Å²) in [6.45, 7) is 6.27. The van der Waals surface area contributed by atoms with E-state index in [1.807, 2.05) is 4.90 Å². The number of rotatable bonds is 2. The lowest BCUT2D eigenvalue weighted by Gasteiger charge is -2.34. The number of nitrogens with zero attached hydrogens (tertiary/aromatic N) is 1. The van der Waals surface area contributed by atoms with Gasteiger partial charge in [-0.05, 0) is 31.1 Å². The van der Waals surface area contributed by atoms with E-state index in [0.717, 1.165) is 37.8 Å². The highest BCUT2D eigenvalue weighted by molar-refractivity contribution is 6.52. The van der Waals surface area contributed by atoms with Crippen molar-refractivity contribution in [1.29, 1.82) is 0 Å². The molecule has 2 nitrogen and oxygen atoms in total. The van der Waals surface area contributed by atoms with Gasteiger partial charge in [0.05, 0.1) is 5.92 Å². The van der Waals surface area contributed by atoms with E-state index >= 15 is 0 Å². The van der Waals surface area contributed by atoms with E-state index in [2.05, 4.69) is 13.8 Å². The summed E-state index contributed by atoms with van der Waals surface area (Å²) in [6, 6.07) is 0. The average Bonchev–Trinajstić information content (AvgIpc) is 2.87. The summed E-state index contributed by atoms with van der Waals surface area (Å²) in [5, 5.41) is 0. The van der Waals surface area contributed by atoms with Crippen LogP contribution in [0.4, 0.5) is 0 Å². The molecular weight excluding hydrogens is 245 g/mol. The van der Waals surface area contributed by atoms with E-state index in [4.69, 9.17) is 23.2 Å². The van der Waals surface area contributed by atoms with Crippen molar-refractivity contribution < 1.29 is 4.79 Å². The zero-order chi connectivity index (χ0) is 11.9. The van der Waals surface area contributed by atoms with Crippen LogP contribution in [0, 0.1) is 17.8 Å². The minimum atomic E-state index is -0.772. The fourth-order valence-corrected chi connectivity index (χ4v) is 2.98. The lowest BCUT2D eigenvalue weighted by Crippen LogP contribution is -2.41. The third kappa shape index (κ3) is 2.48. The van der Waals surface area contributed by atoms with Gasteiger partial charge in [-0.25, -0.2) is 0 Å². The molecular formula is C12H19Cl2NO. The van der Waals surface area contributed by atoms with Crippen molar-refractivity contribution in [2.45, 2.75) is 37.4 Å². The zero-order valence-electron chi connectivity index (χ0n) is 9.88. The molecule has 0 spiro atoms. The van der Waals surface area contributed by atoms with E-state index < -0.39 is 4.33 Å². The highest BCUT2D eigenvalue weighted by atomic mass is 35.5. The maximum absolute atomic E-state index is 12.0. The second-order valence-electron chi connectivity index (χ2n) is 5.42. The van der Waals surface area contributed by atoms with Gasteiger partial charge in [0, 0.05) is 13.1 Å². The Bertz CT molecular complexity index is 283. The van der Waals surface area contributed by atoms with Crippen LogP contribution in [0.15, 0.2) is 0 Å². The third-order valence-electron chi connectivity index (χ3n) is 3.92. The topological polar surface area (TPSA) is 20.3 Å². The van der Waals surface area contributed by atoms with Gasteiger partial charge in [0.15, 0.2) is 0 Å². The molecule has 1 heterocycles. The number of alkyl halides is 2. The Morgan fingerprint density at radius 1 is 1.31 bits per heavy atom. The molecule has 16 heavy (non-hydrogen) atoms. The first kappa shape index (κ1) is 12.5. The molecule has 0 aromatic carbocycles. The average molecular weight is 264 g/mol. The van der Waals surface area contributed by atoms with E-state index in [9.17, 15) is 4.79 Å². The molecule has 2 rings (SSSR count). The van der Waals surface area contributed by atoms with Gasteiger partial charge in [-0.3, -0.25) is 4.79 Å². The third-order valence-corrected chi connectivity index (χ3v) is 4.75. The van der Waals surface area contributed by atoms with Gasteiger partial charge < -0.3 is 4.90 Å². The van der Waals surface area contributed by atoms with Gasteiger partial charge in [-0.2, -0.15) is 0 Å². The van der Waals surface area contributed by atoms with Crippen LogP contribution < -0.4 is 0 Å². The predicted octanol–water partition coefficient (Wildman–Crippen LogP) is 3.07.